The Balaban J connectivity index is 1.41. The number of hydrogen-bond donors (Lipinski definition) is 0. The molecule has 8 nitrogen and oxygen atoms in total. The van der Waals surface area contributed by atoms with Gasteiger partial charge >= 0.3 is 6.09 Å². The molecule has 2 aliphatic rings. The summed E-state index contributed by atoms with van der Waals surface area (Å²) in [6.45, 7) is 8.57. The number of rotatable bonds is 4. The highest BCUT2D eigenvalue weighted by molar-refractivity contribution is 5.95. The molecule has 1 saturated heterocycles. The Morgan fingerprint density at radius 3 is 2.19 bits per heavy atom. The Bertz CT molecular complexity index is 935. The SMILES string of the molecule is Cc1nc(-c2ccc(C(=O)N(C3CC3)C3CCN(C(=O)OC(C)(C)C)CC3)cc2)no1. The summed E-state index contributed by atoms with van der Waals surface area (Å²) in [5.74, 6) is 1.08. The zero-order chi connectivity index (χ0) is 22.2. The van der Waals surface area contributed by atoms with Gasteiger partial charge in [0.05, 0.1) is 0 Å². The number of aromatic nitrogens is 2. The smallest absolute Gasteiger partial charge is 0.410 e. The fourth-order valence-electron chi connectivity index (χ4n) is 3.96. The van der Waals surface area contributed by atoms with Crippen molar-refractivity contribution in [2.45, 2.75) is 71.1 Å². The van der Waals surface area contributed by atoms with Crippen molar-refractivity contribution in [2.75, 3.05) is 13.1 Å². The van der Waals surface area contributed by atoms with Gasteiger partial charge in [-0.15, -0.1) is 0 Å². The van der Waals surface area contributed by atoms with Crippen LogP contribution in [0.5, 0.6) is 0 Å². The number of likely N-dealkylation sites (tertiary alicyclic amines) is 1. The van der Waals surface area contributed by atoms with E-state index in [-0.39, 0.29) is 18.0 Å². The van der Waals surface area contributed by atoms with Crippen molar-refractivity contribution in [1.82, 2.24) is 19.9 Å². The summed E-state index contributed by atoms with van der Waals surface area (Å²) in [5, 5.41) is 3.93. The minimum atomic E-state index is -0.504. The lowest BCUT2D eigenvalue weighted by Crippen LogP contribution is -2.50. The molecule has 1 aromatic heterocycles. The van der Waals surface area contributed by atoms with E-state index in [0.29, 0.717) is 36.4 Å². The van der Waals surface area contributed by atoms with E-state index in [1.165, 1.54) is 0 Å². The molecule has 8 heteroatoms. The Labute approximate surface area is 182 Å². The summed E-state index contributed by atoms with van der Waals surface area (Å²) in [7, 11) is 0. The van der Waals surface area contributed by atoms with E-state index in [1.807, 2.05) is 49.9 Å². The molecule has 2 fully saturated rings. The van der Waals surface area contributed by atoms with E-state index < -0.39 is 5.60 Å². The summed E-state index contributed by atoms with van der Waals surface area (Å²) in [6.07, 6.45) is 3.34. The van der Waals surface area contributed by atoms with Crippen molar-refractivity contribution in [3.63, 3.8) is 0 Å². The molecule has 2 amide bonds. The third-order valence-corrected chi connectivity index (χ3v) is 5.60. The monoisotopic (exact) mass is 426 g/mol. The van der Waals surface area contributed by atoms with Crippen molar-refractivity contribution in [3.05, 3.63) is 35.7 Å². The molecule has 1 aromatic carbocycles. The zero-order valence-corrected chi connectivity index (χ0v) is 18.6. The van der Waals surface area contributed by atoms with Crippen LogP contribution in [0.3, 0.4) is 0 Å². The van der Waals surface area contributed by atoms with Gasteiger partial charge in [-0.1, -0.05) is 17.3 Å². The summed E-state index contributed by atoms with van der Waals surface area (Å²) in [6, 6.07) is 7.80. The average Bonchev–Trinajstić information content (AvgIpc) is 3.46. The number of nitrogens with zero attached hydrogens (tertiary/aromatic N) is 4. The van der Waals surface area contributed by atoms with Crippen molar-refractivity contribution in [2.24, 2.45) is 0 Å². The molecule has 31 heavy (non-hydrogen) atoms. The van der Waals surface area contributed by atoms with Crippen LogP contribution in [0.25, 0.3) is 11.4 Å². The Kier molecular flexibility index (Phi) is 5.73. The summed E-state index contributed by atoms with van der Waals surface area (Å²) in [4.78, 5) is 33.7. The number of hydrogen-bond acceptors (Lipinski definition) is 6. The van der Waals surface area contributed by atoms with Crippen LogP contribution in [0.2, 0.25) is 0 Å². The van der Waals surface area contributed by atoms with Crippen molar-refractivity contribution >= 4 is 12.0 Å². The number of carbonyl (C=O) groups excluding carboxylic acids is 2. The quantitative estimate of drug-likeness (QED) is 0.733. The minimum Gasteiger partial charge on any atom is -0.444 e. The molecule has 0 spiro atoms. The second-order valence-corrected chi connectivity index (χ2v) is 9.36. The van der Waals surface area contributed by atoms with Gasteiger partial charge in [0.1, 0.15) is 5.60 Å². The fourth-order valence-corrected chi connectivity index (χ4v) is 3.96. The maximum atomic E-state index is 13.4. The molecule has 1 saturated carbocycles. The minimum absolute atomic E-state index is 0.0501. The van der Waals surface area contributed by atoms with E-state index in [9.17, 15) is 9.59 Å². The molecule has 0 N–H and O–H groups in total. The molecule has 1 aliphatic carbocycles. The average molecular weight is 427 g/mol. The van der Waals surface area contributed by atoms with Gasteiger partial charge < -0.3 is 19.1 Å². The highest BCUT2D eigenvalue weighted by atomic mass is 16.6. The van der Waals surface area contributed by atoms with Crippen LogP contribution in [-0.2, 0) is 4.74 Å². The first-order chi connectivity index (χ1) is 14.7. The molecule has 0 unspecified atom stereocenters. The molecular weight excluding hydrogens is 396 g/mol. The molecule has 4 rings (SSSR count). The van der Waals surface area contributed by atoms with E-state index in [4.69, 9.17) is 9.26 Å². The van der Waals surface area contributed by atoms with E-state index in [1.54, 1.807) is 11.8 Å². The van der Waals surface area contributed by atoms with Crippen LogP contribution in [0.1, 0.15) is 62.7 Å². The van der Waals surface area contributed by atoms with Crippen LogP contribution in [0, 0.1) is 6.92 Å². The third-order valence-electron chi connectivity index (χ3n) is 5.60. The predicted octanol–water partition coefficient (Wildman–Crippen LogP) is 4.05. The number of benzene rings is 1. The van der Waals surface area contributed by atoms with Gasteiger partial charge in [0.15, 0.2) is 0 Å². The molecule has 2 heterocycles. The van der Waals surface area contributed by atoms with E-state index in [2.05, 4.69) is 10.1 Å². The van der Waals surface area contributed by atoms with Gasteiger partial charge in [-0.05, 0) is 58.6 Å². The highest BCUT2D eigenvalue weighted by Gasteiger charge is 2.39. The largest absolute Gasteiger partial charge is 0.444 e. The second kappa shape index (κ2) is 8.32. The number of carbonyl (C=O) groups is 2. The molecule has 0 bridgehead atoms. The van der Waals surface area contributed by atoms with Gasteiger partial charge in [0.2, 0.25) is 11.7 Å². The van der Waals surface area contributed by atoms with Crippen LogP contribution in [0.4, 0.5) is 4.79 Å². The molecule has 166 valence electrons. The van der Waals surface area contributed by atoms with Gasteiger partial charge in [0.25, 0.3) is 5.91 Å². The van der Waals surface area contributed by atoms with Crippen molar-refractivity contribution in [3.8, 4) is 11.4 Å². The molecule has 1 aliphatic heterocycles. The lowest BCUT2D eigenvalue weighted by molar-refractivity contribution is 0.0142. The highest BCUT2D eigenvalue weighted by Crippen LogP contribution is 2.33. The van der Waals surface area contributed by atoms with Crippen molar-refractivity contribution in [1.29, 1.82) is 0 Å². The predicted molar refractivity (Wildman–Crippen MR) is 114 cm³/mol. The molecule has 2 aromatic rings. The first-order valence-corrected chi connectivity index (χ1v) is 10.9. The zero-order valence-electron chi connectivity index (χ0n) is 18.6. The van der Waals surface area contributed by atoms with Gasteiger partial charge in [0, 0.05) is 43.2 Å². The third kappa shape index (κ3) is 5.06. The second-order valence-electron chi connectivity index (χ2n) is 9.36. The van der Waals surface area contributed by atoms with E-state index >= 15 is 0 Å². The molecular formula is C23H30N4O4. The van der Waals surface area contributed by atoms with Crippen molar-refractivity contribution < 1.29 is 18.8 Å². The number of ether oxygens (including phenoxy) is 1. The maximum absolute atomic E-state index is 13.4. The Hall–Kier alpha value is -2.90. The summed E-state index contributed by atoms with van der Waals surface area (Å²) >= 11 is 0. The lowest BCUT2D eigenvalue weighted by atomic mass is 10.0. The van der Waals surface area contributed by atoms with E-state index in [0.717, 1.165) is 31.2 Å². The first-order valence-electron chi connectivity index (χ1n) is 10.9. The standard InChI is InChI=1S/C23H30N4O4/c1-15-24-20(25-31-15)16-5-7-17(8-6-16)21(28)27(18-9-10-18)19-11-13-26(14-12-19)22(29)30-23(2,3)4/h5-8,18-19H,9-14H2,1-4H3. The number of amides is 2. The summed E-state index contributed by atoms with van der Waals surface area (Å²) < 4.78 is 10.5. The van der Waals surface area contributed by atoms with Gasteiger partial charge in [-0.25, -0.2) is 4.79 Å². The summed E-state index contributed by atoms with van der Waals surface area (Å²) in [5.41, 5.74) is 0.971. The Morgan fingerprint density at radius 2 is 1.68 bits per heavy atom. The maximum Gasteiger partial charge on any atom is 0.410 e. The van der Waals surface area contributed by atoms with Gasteiger partial charge in [-0.3, -0.25) is 4.79 Å². The van der Waals surface area contributed by atoms with Crippen LogP contribution < -0.4 is 0 Å². The fraction of sp³-hybridized carbons (Fsp3) is 0.565. The molecule has 0 atom stereocenters. The molecule has 0 radical (unpaired) electrons. The Morgan fingerprint density at radius 1 is 1.06 bits per heavy atom. The first kappa shape index (κ1) is 21.3. The number of aryl methyl sites for hydroxylation is 1. The van der Waals surface area contributed by atoms with Gasteiger partial charge in [-0.2, -0.15) is 4.98 Å². The topological polar surface area (TPSA) is 88.8 Å². The van der Waals surface area contributed by atoms with Crippen LogP contribution in [-0.4, -0.2) is 62.7 Å². The normalized spacial score (nSPS) is 17.5. The van der Waals surface area contributed by atoms with Crippen LogP contribution in [0.15, 0.2) is 28.8 Å². The van der Waals surface area contributed by atoms with Crippen LogP contribution >= 0.6 is 0 Å². The lowest BCUT2D eigenvalue weighted by Gasteiger charge is -2.39. The number of piperidine rings is 1.